The monoisotopic (exact) mass is 269 g/mol. The van der Waals surface area contributed by atoms with Gasteiger partial charge in [-0.1, -0.05) is 0 Å². The molecule has 0 spiro atoms. The number of hydrogen-bond donors (Lipinski definition) is 3. The molecule has 0 amide bonds. The Labute approximate surface area is 116 Å². The number of phenols is 1. The number of ether oxygens (including phenoxy) is 1. The van der Waals surface area contributed by atoms with Gasteiger partial charge in [0.05, 0.1) is 23.2 Å². The molecule has 3 rings (SSSR count). The van der Waals surface area contributed by atoms with Crippen molar-refractivity contribution in [2.45, 2.75) is 6.92 Å². The molecule has 0 aliphatic heterocycles. The molecule has 0 fully saturated rings. The normalized spacial score (nSPS) is 10.8. The smallest absolute Gasteiger partial charge is 0.142 e. The lowest BCUT2D eigenvalue weighted by Crippen LogP contribution is -1.91. The third kappa shape index (κ3) is 2.14. The second-order valence-electron chi connectivity index (χ2n) is 4.47. The summed E-state index contributed by atoms with van der Waals surface area (Å²) in [6.07, 6.45) is 0. The fraction of sp³-hybridized carbons (Fsp3) is 0.133. The van der Waals surface area contributed by atoms with Gasteiger partial charge in [0.1, 0.15) is 17.3 Å². The zero-order valence-corrected chi connectivity index (χ0v) is 11.1. The van der Waals surface area contributed by atoms with Crippen LogP contribution in [0, 0.1) is 0 Å². The SMILES string of the molecule is CCOc1ccc(-c2nc3ccc(N)cc3[nH]2)c(O)c1. The number of aromatic hydroxyl groups is 1. The van der Waals surface area contributed by atoms with Crippen molar-refractivity contribution in [1.82, 2.24) is 9.97 Å². The number of hydrogen-bond acceptors (Lipinski definition) is 4. The van der Waals surface area contributed by atoms with Crippen LogP contribution >= 0.6 is 0 Å². The lowest BCUT2D eigenvalue weighted by atomic mass is 10.2. The maximum absolute atomic E-state index is 10.1. The van der Waals surface area contributed by atoms with Crippen LogP contribution in [0.15, 0.2) is 36.4 Å². The molecule has 0 unspecified atom stereocenters. The molecule has 0 radical (unpaired) electrons. The van der Waals surface area contributed by atoms with Crippen LogP contribution in [0.4, 0.5) is 5.69 Å². The van der Waals surface area contributed by atoms with Crippen molar-refractivity contribution in [2.75, 3.05) is 12.3 Å². The van der Waals surface area contributed by atoms with Crippen molar-refractivity contribution in [2.24, 2.45) is 0 Å². The standard InChI is InChI=1S/C15H15N3O2/c1-2-20-10-4-5-11(14(19)8-10)15-17-12-6-3-9(16)7-13(12)18-15/h3-8,19H,2,16H2,1H3,(H,17,18). The third-order valence-corrected chi connectivity index (χ3v) is 3.04. The van der Waals surface area contributed by atoms with Crippen LogP contribution in [-0.4, -0.2) is 21.7 Å². The van der Waals surface area contributed by atoms with Gasteiger partial charge in [-0.05, 0) is 37.3 Å². The molecule has 5 heteroatoms. The van der Waals surface area contributed by atoms with E-state index in [1.165, 1.54) is 0 Å². The predicted octanol–water partition coefficient (Wildman–Crippen LogP) is 2.92. The fourth-order valence-electron chi connectivity index (χ4n) is 2.12. The number of aromatic nitrogens is 2. The minimum absolute atomic E-state index is 0.128. The molecule has 20 heavy (non-hydrogen) atoms. The van der Waals surface area contributed by atoms with E-state index in [0.29, 0.717) is 29.4 Å². The molecule has 0 saturated heterocycles. The van der Waals surface area contributed by atoms with Crippen LogP contribution in [-0.2, 0) is 0 Å². The maximum Gasteiger partial charge on any atom is 0.142 e. The summed E-state index contributed by atoms with van der Waals surface area (Å²) in [5, 5.41) is 10.1. The number of H-pyrrole nitrogens is 1. The van der Waals surface area contributed by atoms with E-state index >= 15 is 0 Å². The summed E-state index contributed by atoms with van der Waals surface area (Å²) in [7, 11) is 0. The van der Waals surface area contributed by atoms with Gasteiger partial charge in [0.25, 0.3) is 0 Å². The summed E-state index contributed by atoms with van der Waals surface area (Å²) in [6.45, 7) is 2.46. The van der Waals surface area contributed by atoms with E-state index in [9.17, 15) is 5.11 Å². The largest absolute Gasteiger partial charge is 0.507 e. The van der Waals surface area contributed by atoms with Crippen molar-refractivity contribution >= 4 is 16.7 Å². The lowest BCUT2D eigenvalue weighted by molar-refractivity contribution is 0.338. The zero-order chi connectivity index (χ0) is 14.1. The number of phenolic OH excluding ortho intramolecular Hbond substituents is 1. The maximum atomic E-state index is 10.1. The Morgan fingerprint density at radius 2 is 2.10 bits per heavy atom. The zero-order valence-electron chi connectivity index (χ0n) is 11.1. The van der Waals surface area contributed by atoms with E-state index in [4.69, 9.17) is 10.5 Å². The van der Waals surface area contributed by atoms with Gasteiger partial charge in [-0.25, -0.2) is 4.98 Å². The predicted molar refractivity (Wildman–Crippen MR) is 78.8 cm³/mol. The Balaban J connectivity index is 2.06. The molecule has 0 aliphatic carbocycles. The van der Waals surface area contributed by atoms with Crippen molar-refractivity contribution in [3.63, 3.8) is 0 Å². The minimum Gasteiger partial charge on any atom is -0.507 e. The van der Waals surface area contributed by atoms with Gasteiger partial charge < -0.3 is 20.6 Å². The van der Waals surface area contributed by atoms with Crippen LogP contribution in [0.25, 0.3) is 22.4 Å². The van der Waals surface area contributed by atoms with Crippen LogP contribution in [0.1, 0.15) is 6.92 Å². The Hall–Kier alpha value is -2.69. The number of nitrogens with zero attached hydrogens (tertiary/aromatic N) is 1. The van der Waals surface area contributed by atoms with Gasteiger partial charge in [0.2, 0.25) is 0 Å². The van der Waals surface area contributed by atoms with Crippen LogP contribution in [0.5, 0.6) is 11.5 Å². The van der Waals surface area contributed by atoms with Crippen molar-refractivity contribution in [3.8, 4) is 22.9 Å². The topological polar surface area (TPSA) is 84.2 Å². The Morgan fingerprint density at radius 3 is 2.85 bits per heavy atom. The van der Waals surface area contributed by atoms with Gasteiger partial charge in [-0.2, -0.15) is 0 Å². The highest BCUT2D eigenvalue weighted by atomic mass is 16.5. The van der Waals surface area contributed by atoms with Crippen molar-refractivity contribution in [1.29, 1.82) is 0 Å². The molecule has 3 aromatic rings. The summed E-state index contributed by atoms with van der Waals surface area (Å²) in [6, 6.07) is 10.6. The number of nitrogens with two attached hydrogens (primary N) is 1. The van der Waals surface area contributed by atoms with Gasteiger partial charge in [0.15, 0.2) is 0 Å². The average molecular weight is 269 g/mol. The molecule has 0 aliphatic rings. The van der Waals surface area contributed by atoms with E-state index in [2.05, 4.69) is 9.97 Å². The highest BCUT2D eigenvalue weighted by Gasteiger charge is 2.10. The van der Waals surface area contributed by atoms with Crippen LogP contribution in [0.2, 0.25) is 0 Å². The van der Waals surface area contributed by atoms with Crippen LogP contribution < -0.4 is 10.5 Å². The highest BCUT2D eigenvalue weighted by molar-refractivity contribution is 5.83. The molecular formula is C15H15N3O2. The van der Waals surface area contributed by atoms with Gasteiger partial charge in [0, 0.05) is 11.8 Å². The number of benzene rings is 2. The van der Waals surface area contributed by atoms with E-state index in [0.717, 1.165) is 11.0 Å². The molecule has 1 heterocycles. The summed E-state index contributed by atoms with van der Waals surface area (Å²) in [5.41, 5.74) is 8.69. The molecule has 0 atom stereocenters. The van der Waals surface area contributed by atoms with Crippen molar-refractivity contribution in [3.05, 3.63) is 36.4 Å². The minimum atomic E-state index is 0.128. The number of imidazole rings is 1. The van der Waals surface area contributed by atoms with Gasteiger partial charge in [-0.15, -0.1) is 0 Å². The Bertz CT molecular complexity index is 765. The number of aromatic amines is 1. The fourth-order valence-corrected chi connectivity index (χ4v) is 2.12. The van der Waals surface area contributed by atoms with E-state index in [-0.39, 0.29) is 5.75 Å². The summed E-state index contributed by atoms with van der Waals surface area (Å²) >= 11 is 0. The summed E-state index contributed by atoms with van der Waals surface area (Å²) in [5.74, 6) is 1.36. The first-order chi connectivity index (χ1) is 9.67. The second kappa shape index (κ2) is 4.77. The van der Waals surface area contributed by atoms with Crippen LogP contribution in [0.3, 0.4) is 0 Å². The number of nitrogen functional groups attached to an aromatic ring is 1. The summed E-state index contributed by atoms with van der Waals surface area (Å²) in [4.78, 5) is 7.60. The number of rotatable bonds is 3. The first-order valence-electron chi connectivity index (χ1n) is 6.39. The number of nitrogens with one attached hydrogen (secondary N) is 1. The molecule has 1 aromatic heterocycles. The van der Waals surface area contributed by atoms with E-state index in [1.54, 1.807) is 24.3 Å². The van der Waals surface area contributed by atoms with E-state index < -0.39 is 0 Å². The third-order valence-electron chi connectivity index (χ3n) is 3.04. The molecular weight excluding hydrogens is 254 g/mol. The first kappa shape index (κ1) is 12.3. The molecule has 0 saturated carbocycles. The number of anilines is 1. The Kier molecular flexibility index (Phi) is 2.95. The number of fused-ring (bicyclic) bond motifs is 1. The molecule has 2 aromatic carbocycles. The van der Waals surface area contributed by atoms with Gasteiger partial charge >= 0.3 is 0 Å². The first-order valence-corrected chi connectivity index (χ1v) is 6.39. The molecule has 5 nitrogen and oxygen atoms in total. The second-order valence-corrected chi connectivity index (χ2v) is 4.47. The summed E-state index contributed by atoms with van der Waals surface area (Å²) < 4.78 is 5.35. The van der Waals surface area contributed by atoms with Gasteiger partial charge in [-0.3, -0.25) is 0 Å². The highest BCUT2D eigenvalue weighted by Crippen LogP contribution is 2.32. The van der Waals surface area contributed by atoms with E-state index in [1.807, 2.05) is 19.1 Å². The van der Waals surface area contributed by atoms with Crippen molar-refractivity contribution < 1.29 is 9.84 Å². The molecule has 0 bridgehead atoms. The molecule has 102 valence electrons. The molecule has 4 N–H and O–H groups in total. The quantitative estimate of drug-likeness (QED) is 0.638. The Morgan fingerprint density at radius 1 is 1.25 bits per heavy atom. The average Bonchev–Trinajstić information content (AvgIpc) is 2.81. The lowest BCUT2D eigenvalue weighted by Gasteiger charge is -2.05.